The Labute approximate surface area is 156 Å². The molecule has 5 nitrogen and oxygen atoms in total. The van der Waals surface area contributed by atoms with E-state index in [2.05, 4.69) is 10.5 Å². The van der Waals surface area contributed by atoms with Gasteiger partial charge in [-0.25, -0.2) is 9.82 Å². The topological polar surface area (TPSA) is 59.0 Å². The van der Waals surface area contributed by atoms with Crippen molar-refractivity contribution in [2.24, 2.45) is 11.0 Å². The van der Waals surface area contributed by atoms with Crippen molar-refractivity contribution in [1.82, 2.24) is 5.43 Å². The van der Waals surface area contributed by atoms with E-state index in [9.17, 15) is 9.18 Å². The van der Waals surface area contributed by atoms with Gasteiger partial charge in [-0.3, -0.25) is 4.79 Å². The van der Waals surface area contributed by atoms with Crippen molar-refractivity contribution < 1.29 is 18.5 Å². The van der Waals surface area contributed by atoms with Gasteiger partial charge in [-0.2, -0.15) is 5.10 Å². The largest absolute Gasteiger partial charge is 0.460 e. The van der Waals surface area contributed by atoms with Crippen molar-refractivity contribution in [1.29, 1.82) is 0 Å². The van der Waals surface area contributed by atoms with Gasteiger partial charge in [-0.1, -0.05) is 11.6 Å². The van der Waals surface area contributed by atoms with Crippen LogP contribution < -0.4 is 10.3 Å². The number of nitrogens with zero attached hydrogens (tertiary/aromatic N) is 1. The summed E-state index contributed by atoms with van der Waals surface area (Å²) in [5.41, 5.74) is 3.52. The van der Waals surface area contributed by atoms with E-state index in [0.717, 1.165) is 43.8 Å². The van der Waals surface area contributed by atoms with Crippen LogP contribution in [-0.2, 0) is 11.3 Å². The number of furan rings is 1. The number of carbonyl (C=O) groups excluding carboxylic acids is 1. The molecule has 0 bridgehead atoms. The van der Waals surface area contributed by atoms with Crippen LogP contribution in [0.4, 0.5) is 4.39 Å². The van der Waals surface area contributed by atoms with Crippen molar-refractivity contribution in [3.8, 4) is 0 Å². The number of aryl methyl sites for hydroxylation is 1. The number of amides is 1. The molecule has 0 atom stereocenters. The van der Waals surface area contributed by atoms with Crippen molar-refractivity contribution in [2.45, 2.75) is 26.3 Å². The van der Waals surface area contributed by atoms with Crippen LogP contribution in [0.25, 0.3) is 0 Å². The molecule has 2 N–H and O–H groups in total. The van der Waals surface area contributed by atoms with E-state index in [1.807, 2.05) is 13.0 Å². The van der Waals surface area contributed by atoms with Gasteiger partial charge in [-0.05, 0) is 37.3 Å². The average molecular weight is 379 g/mol. The molecule has 2 heterocycles. The van der Waals surface area contributed by atoms with E-state index >= 15 is 0 Å². The normalized spacial score (nSPS) is 20.4. The number of piperidine rings is 1. The number of likely N-dealkylation sites (tertiary alicyclic amines) is 1. The molecule has 1 aliphatic heterocycles. The van der Waals surface area contributed by atoms with E-state index in [-0.39, 0.29) is 17.6 Å². The second-order valence-corrected chi connectivity index (χ2v) is 7.03. The molecule has 2 aromatic rings. The second-order valence-electron chi connectivity index (χ2n) is 6.62. The van der Waals surface area contributed by atoms with Gasteiger partial charge in [0, 0.05) is 18.4 Å². The fourth-order valence-corrected chi connectivity index (χ4v) is 3.41. The minimum atomic E-state index is -0.325. The first-order valence-electron chi connectivity index (χ1n) is 8.68. The first-order chi connectivity index (χ1) is 12.5. The van der Waals surface area contributed by atoms with E-state index in [1.165, 1.54) is 23.2 Å². The lowest BCUT2D eigenvalue weighted by Crippen LogP contribution is -3.11. The summed E-state index contributed by atoms with van der Waals surface area (Å²) in [5, 5.41) is 4.42. The predicted octanol–water partition coefficient (Wildman–Crippen LogP) is 2.33. The summed E-state index contributed by atoms with van der Waals surface area (Å²) in [6.45, 7) is 4.33. The van der Waals surface area contributed by atoms with Gasteiger partial charge in [0.15, 0.2) is 0 Å². The first-order valence-corrected chi connectivity index (χ1v) is 9.06. The predicted molar refractivity (Wildman–Crippen MR) is 97.7 cm³/mol. The number of quaternary nitrogens is 1. The Morgan fingerprint density at radius 2 is 2.15 bits per heavy atom. The molecule has 1 aromatic heterocycles. The van der Waals surface area contributed by atoms with E-state index < -0.39 is 0 Å². The van der Waals surface area contributed by atoms with E-state index in [4.69, 9.17) is 16.0 Å². The fourth-order valence-electron chi connectivity index (χ4n) is 3.17. The standard InChI is InChI=1S/C19H21ClFN3O2/c1-13-2-5-17(26-13)11-22-23-19(25)14-6-8-24(9-7-14)12-15-3-4-16(21)10-18(15)20/h2-5,10-11,14H,6-9,12H2,1H3,(H,23,25)/p+1/b22-11-. The maximum Gasteiger partial charge on any atom is 0.243 e. The molecule has 0 aliphatic carbocycles. The minimum absolute atomic E-state index is 0.0436. The fraction of sp³-hybridized carbons (Fsp3) is 0.368. The number of hydrogen-bond acceptors (Lipinski definition) is 3. The SMILES string of the molecule is Cc1ccc(/C=N\NC(=O)C2CC[NH+](Cc3ccc(F)cc3Cl)CC2)o1. The Balaban J connectivity index is 1.45. The molecular weight excluding hydrogens is 357 g/mol. The number of benzene rings is 1. The summed E-state index contributed by atoms with van der Waals surface area (Å²) in [7, 11) is 0. The number of nitrogens with one attached hydrogen (secondary N) is 2. The van der Waals surface area contributed by atoms with Crippen LogP contribution in [0.15, 0.2) is 39.9 Å². The number of hydrogen-bond donors (Lipinski definition) is 2. The highest BCUT2D eigenvalue weighted by Crippen LogP contribution is 2.17. The molecule has 0 radical (unpaired) electrons. The Kier molecular flexibility index (Phi) is 6.06. The molecule has 1 saturated heterocycles. The summed E-state index contributed by atoms with van der Waals surface area (Å²) in [4.78, 5) is 13.6. The smallest absolute Gasteiger partial charge is 0.243 e. The van der Waals surface area contributed by atoms with Gasteiger partial charge in [0.05, 0.1) is 30.2 Å². The molecule has 1 amide bonds. The highest BCUT2D eigenvalue weighted by atomic mass is 35.5. The minimum Gasteiger partial charge on any atom is -0.460 e. The quantitative estimate of drug-likeness (QED) is 0.619. The maximum absolute atomic E-state index is 13.1. The van der Waals surface area contributed by atoms with Crippen molar-refractivity contribution in [2.75, 3.05) is 13.1 Å². The van der Waals surface area contributed by atoms with Gasteiger partial charge in [0.1, 0.15) is 23.9 Å². The Bertz CT molecular complexity index is 798. The van der Waals surface area contributed by atoms with Crippen molar-refractivity contribution >= 4 is 23.7 Å². The lowest BCUT2D eigenvalue weighted by atomic mass is 9.96. The van der Waals surface area contributed by atoms with Gasteiger partial charge >= 0.3 is 0 Å². The van der Waals surface area contributed by atoms with Gasteiger partial charge < -0.3 is 9.32 Å². The lowest BCUT2D eigenvalue weighted by Gasteiger charge is -2.28. The summed E-state index contributed by atoms with van der Waals surface area (Å²) < 4.78 is 18.5. The Morgan fingerprint density at radius 1 is 1.38 bits per heavy atom. The summed E-state index contributed by atoms with van der Waals surface area (Å²) in [5.74, 6) is 0.975. The lowest BCUT2D eigenvalue weighted by molar-refractivity contribution is -0.919. The monoisotopic (exact) mass is 378 g/mol. The maximum atomic E-state index is 13.1. The second kappa shape index (κ2) is 8.47. The highest BCUT2D eigenvalue weighted by Gasteiger charge is 2.27. The number of carbonyl (C=O) groups is 1. The summed E-state index contributed by atoms with van der Waals surface area (Å²) >= 11 is 6.10. The summed E-state index contributed by atoms with van der Waals surface area (Å²) in [6.07, 6.45) is 3.08. The molecule has 0 saturated carbocycles. The van der Waals surface area contributed by atoms with Gasteiger partial charge in [-0.15, -0.1) is 0 Å². The van der Waals surface area contributed by atoms with Crippen LogP contribution >= 0.6 is 11.6 Å². The van der Waals surface area contributed by atoms with Crippen LogP contribution in [0.3, 0.4) is 0 Å². The molecule has 7 heteroatoms. The van der Waals surface area contributed by atoms with Crippen molar-refractivity contribution in [3.63, 3.8) is 0 Å². The Morgan fingerprint density at radius 3 is 2.81 bits per heavy atom. The molecule has 3 rings (SSSR count). The number of halogens is 2. The summed E-state index contributed by atoms with van der Waals surface area (Å²) in [6, 6.07) is 8.14. The number of rotatable bonds is 5. The molecule has 138 valence electrons. The van der Waals surface area contributed by atoms with Crippen LogP contribution in [0.2, 0.25) is 5.02 Å². The molecule has 0 spiro atoms. The number of hydrazone groups is 1. The highest BCUT2D eigenvalue weighted by molar-refractivity contribution is 6.31. The van der Waals surface area contributed by atoms with Crippen LogP contribution in [0, 0.1) is 18.7 Å². The zero-order chi connectivity index (χ0) is 18.5. The van der Waals surface area contributed by atoms with Gasteiger partial charge in [0.2, 0.25) is 5.91 Å². The zero-order valence-corrected chi connectivity index (χ0v) is 15.4. The van der Waals surface area contributed by atoms with Crippen LogP contribution in [0.1, 0.15) is 29.9 Å². The third kappa shape index (κ3) is 4.93. The first kappa shape index (κ1) is 18.6. The zero-order valence-electron chi connectivity index (χ0n) is 14.6. The average Bonchev–Trinajstić information content (AvgIpc) is 3.03. The van der Waals surface area contributed by atoms with E-state index in [0.29, 0.717) is 10.8 Å². The molecular formula is C19H22ClFN3O2+. The van der Waals surface area contributed by atoms with E-state index in [1.54, 1.807) is 12.1 Å². The van der Waals surface area contributed by atoms with Crippen LogP contribution in [-0.4, -0.2) is 25.2 Å². The molecule has 1 aromatic carbocycles. The molecule has 1 fully saturated rings. The third-order valence-electron chi connectivity index (χ3n) is 4.65. The Hall–Kier alpha value is -2.18. The molecule has 0 unspecified atom stereocenters. The van der Waals surface area contributed by atoms with Crippen molar-refractivity contribution in [3.05, 3.63) is 58.3 Å². The molecule has 1 aliphatic rings. The van der Waals surface area contributed by atoms with Gasteiger partial charge in [0.25, 0.3) is 0 Å². The third-order valence-corrected chi connectivity index (χ3v) is 5.00. The molecule has 26 heavy (non-hydrogen) atoms. The van der Waals surface area contributed by atoms with Crippen LogP contribution in [0.5, 0.6) is 0 Å².